The van der Waals surface area contributed by atoms with Crippen molar-refractivity contribution in [3.8, 4) is 5.75 Å². The zero-order valence-electron chi connectivity index (χ0n) is 15.9. The Morgan fingerprint density at radius 3 is 2.83 bits per heavy atom. The van der Waals surface area contributed by atoms with E-state index in [1.807, 2.05) is 29.7 Å². The summed E-state index contributed by atoms with van der Waals surface area (Å²) in [5, 5.41) is 12.0. The lowest BCUT2D eigenvalue weighted by atomic mass is 10.1. The van der Waals surface area contributed by atoms with Gasteiger partial charge in [-0.3, -0.25) is 9.59 Å². The van der Waals surface area contributed by atoms with Gasteiger partial charge < -0.3 is 14.6 Å². The standard InChI is InChI=1S/C21H20N4O3S/c1-2-25-19(10-14-6-4-3-5-7-14)23-24-21(25)29-13-17(26)15-8-9-18-16(11-15)22-20(27)12-28-18/h3-9,11H,2,10,12-13H2,1H3,(H,22,27). The lowest BCUT2D eigenvalue weighted by molar-refractivity contribution is -0.118. The molecule has 0 atom stereocenters. The molecule has 1 aliphatic heterocycles. The van der Waals surface area contributed by atoms with Crippen LogP contribution in [0.3, 0.4) is 0 Å². The first-order chi connectivity index (χ1) is 14.1. The third-order valence-electron chi connectivity index (χ3n) is 4.58. The van der Waals surface area contributed by atoms with Gasteiger partial charge in [-0.15, -0.1) is 10.2 Å². The molecule has 29 heavy (non-hydrogen) atoms. The number of nitrogens with zero attached hydrogens (tertiary/aromatic N) is 3. The first-order valence-corrected chi connectivity index (χ1v) is 10.3. The van der Waals surface area contributed by atoms with E-state index in [1.54, 1.807) is 18.2 Å². The number of rotatable bonds is 7. The van der Waals surface area contributed by atoms with Gasteiger partial charge in [0.25, 0.3) is 5.91 Å². The van der Waals surface area contributed by atoms with E-state index >= 15 is 0 Å². The molecule has 3 aromatic rings. The summed E-state index contributed by atoms with van der Waals surface area (Å²) in [6.45, 7) is 2.76. The molecule has 0 spiro atoms. The van der Waals surface area contributed by atoms with Crippen LogP contribution >= 0.6 is 11.8 Å². The van der Waals surface area contributed by atoms with E-state index in [9.17, 15) is 9.59 Å². The zero-order valence-corrected chi connectivity index (χ0v) is 16.7. The summed E-state index contributed by atoms with van der Waals surface area (Å²) >= 11 is 1.37. The molecule has 4 rings (SSSR count). The highest BCUT2D eigenvalue weighted by Crippen LogP contribution is 2.29. The Labute approximate surface area is 172 Å². The van der Waals surface area contributed by atoms with E-state index in [0.717, 1.165) is 17.5 Å². The number of ketones is 1. The molecule has 0 saturated heterocycles. The molecule has 1 aromatic heterocycles. The second kappa shape index (κ2) is 8.48. The molecule has 148 valence electrons. The van der Waals surface area contributed by atoms with E-state index < -0.39 is 0 Å². The van der Waals surface area contributed by atoms with Crippen molar-refractivity contribution >= 4 is 29.1 Å². The molecular formula is C21H20N4O3S. The van der Waals surface area contributed by atoms with Crippen LogP contribution in [0.15, 0.2) is 53.7 Å². The molecule has 0 aliphatic carbocycles. The Hall–Kier alpha value is -3.13. The zero-order chi connectivity index (χ0) is 20.2. The molecular weight excluding hydrogens is 388 g/mol. The van der Waals surface area contributed by atoms with Gasteiger partial charge in [0.15, 0.2) is 17.5 Å². The maximum Gasteiger partial charge on any atom is 0.262 e. The van der Waals surface area contributed by atoms with Crippen LogP contribution in [0.2, 0.25) is 0 Å². The number of fused-ring (bicyclic) bond motifs is 1. The Balaban J connectivity index is 1.44. The summed E-state index contributed by atoms with van der Waals surface area (Å²) < 4.78 is 7.37. The largest absolute Gasteiger partial charge is 0.482 e. The third kappa shape index (κ3) is 4.32. The van der Waals surface area contributed by atoms with Gasteiger partial charge >= 0.3 is 0 Å². The molecule has 0 unspecified atom stereocenters. The monoisotopic (exact) mass is 408 g/mol. The minimum atomic E-state index is -0.224. The van der Waals surface area contributed by atoms with Crippen LogP contribution < -0.4 is 10.1 Å². The Bertz CT molecular complexity index is 1050. The minimum Gasteiger partial charge on any atom is -0.482 e. The molecule has 1 N–H and O–H groups in total. The van der Waals surface area contributed by atoms with E-state index in [4.69, 9.17) is 4.74 Å². The van der Waals surface area contributed by atoms with Gasteiger partial charge in [-0.2, -0.15) is 0 Å². The quantitative estimate of drug-likeness (QED) is 0.477. The predicted molar refractivity (Wildman–Crippen MR) is 111 cm³/mol. The second-order valence-electron chi connectivity index (χ2n) is 6.57. The van der Waals surface area contributed by atoms with E-state index in [-0.39, 0.29) is 24.1 Å². The number of nitrogens with one attached hydrogen (secondary N) is 1. The summed E-state index contributed by atoms with van der Waals surface area (Å²) in [7, 11) is 0. The number of amides is 1. The van der Waals surface area contributed by atoms with Gasteiger partial charge in [0.1, 0.15) is 11.6 Å². The van der Waals surface area contributed by atoms with Gasteiger partial charge in [-0.1, -0.05) is 42.1 Å². The topological polar surface area (TPSA) is 86.1 Å². The normalized spacial score (nSPS) is 12.8. The smallest absolute Gasteiger partial charge is 0.262 e. The number of anilines is 1. The van der Waals surface area contributed by atoms with Crippen molar-refractivity contribution < 1.29 is 14.3 Å². The molecule has 1 amide bonds. The minimum absolute atomic E-state index is 0.00582. The Morgan fingerprint density at radius 1 is 1.21 bits per heavy atom. The van der Waals surface area contributed by atoms with Gasteiger partial charge in [0.2, 0.25) is 0 Å². The Morgan fingerprint density at radius 2 is 2.03 bits per heavy atom. The van der Waals surface area contributed by atoms with Crippen LogP contribution in [0.1, 0.15) is 28.7 Å². The number of carbonyl (C=O) groups excluding carboxylic acids is 2. The Kier molecular flexibility index (Phi) is 5.62. The number of ether oxygens (including phenoxy) is 1. The van der Waals surface area contributed by atoms with Crippen LogP contribution in [0, 0.1) is 0 Å². The van der Waals surface area contributed by atoms with Crippen molar-refractivity contribution in [3.63, 3.8) is 0 Å². The molecule has 0 radical (unpaired) electrons. The molecule has 2 aromatic carbocycles. The third-order valence-corrected chi connectivity index (χ3v) is 5.55. The number of carbonyl (C=O) groups is 2. The average Bonchev–Trinajstić information content (AvgIpc) is 3.13. The number of hydrogen-bond acceptors (Lipinski definition) is 6. The highest BCUT2D eigenvalue weighted by atomic mass is 32.2. The van der Waals surface area contributed by atoms with E-state index in [0.29, 0.717) is 23.4 Å². The molecule has 0 fully saturated rings. The van der Waals surface area contributed by atoms with Crippen LogP contribution in [-0.4, -0.2) is 38.8 Å². The molecule has 0 bridgehead atoms. The fourth-order valence-electron chi connectivity index (χ4n) is 3.12. The van der Waals surface area contributed by atoms with Crippen molar-refractivity contribution in [2.45, 2.75) is 25.0 Å². The average molecular weight is 408 g/mol. The van der Waals surface area contributed by atoms with E-state index in [2.05, 4.69) is 27.6 Å². The molecule has 7 nitrogen and oxygen atoms in total. The summed E-state index contributed by atoms with van der Waals surface area (Å²) in [5.74, 6) is 1.41. The summed E-state index contributed by atoms with van der Waals surface area (Å²) in [6, 6.07) is 15.2. The molecule has 8 heteroatoms. The first-order valence-electron chi connectivity index (χ1n) is 9.32. The number of hydrogen-bond donors (Lipinski definition) is 1. The van der Waals surface area contributed by atoms with Crippen LogP contribution in [-0.2, 0) is 17.8 Å². The van der Waals surface area contributed by atoms with Crippen molar-refractivity contribution in [2.24, 2.45) is 0 Å². The fraction of sp³-hybridized carbons (Fsp3) is 0.238. The molecule has 1 aliphatic rings. The number of benzene rings is 2. The fourth-order valence-corrected chi connectivity index (χ4v) is 4.04. The molecule has 2 heterocycles. The second-order valence-corrected chi connectivity index (χ2v) is 7.51. The number of Topliss-reactive ketones (excluding diaryl/α,β-unsaturated/α-hetero) is 1. The predicted octanol–water partition coefficient (Wildman–Crippen LogP) is 3.19. The van der Waals surface area contributed by atoms with Crippen molar-refractivity contribution in [3.05, 3.63) is 65.5 Å². The number of aromatic nitrogens is 3. The maximum absolute atomic E-state index is 12.7. The van der Waals surface area contributed by atoms with Gasteiger partial charge in [-0.25, -0.2) is 0 Å². The SMILES string of the molecule is CCn1c(Cc2ccccc2)nnc1SCC(=O)c1ccc2c(c1)NC(=O)CO2. The van der Waals surface area contributed by atoms with E-state index in [1.165, 1.54) is 17.3 Å². The lowest BCUT2D eigenvalue weighted by Crippen LogP contribution is -2.25. The summed E-state index contributed by atoms with van der Waals surface area (Å²) in [5.41, 5.74) is 2.22. The highest BCUT2D eigenvalue weighted by molar-refractivity contribution is 7.99. The van der Waals surface area contributed by atoms with Crippen molar-refractivity contribution in [2.75, 3.05) is 17.7 Å². The van der Waals surface area contributed by atoms with Crippen LogP contribution in [0.25, 0.3) is 0 Å². The van der Waals surface area contributed by atoms with Crippen LogP contribution in [0.5, 0.6) is 5.75 Å². The first kappa shape index (κ1) is 19.2. The van der Waals surface area contributed by atoms with Crippen molar-refractivity contribution in [1.82, 2.24) is 14.8 Å². The summed E-state index contributed by atoms with van der Waals surface area (Å²) in [4.78, 5) is 24.1. The maximum atomic E-state index is 12.7. The number of thioether (sulfide) groups is 1. The lowest BCUT2D eigenvalue weighted by Gasteiger charge is -2.18. The summed E-state index contributed by atoms with van der Waals surface area (Å²) in [6.07, 6.45) is 0.695. The molecule has 0 saturated carbocycles. The van der Waals surface area contributed by atoms with Gasteiger partial charge in [0.05, 0.1) is 11.4 Å². The van der Waals surface area contributed by atoms with Crippen molar-refractivity contribution in [1.29, 1.82) is 0 Å². The van der Waals surface area contributed by atoms with Gasteiger partial charge in [0, 0.05) is 18.5 Å². The van der Waals surface area contributed by atoms with Gasteiger partial charge in [-0.05, 0) is 30.7 Å². The van der Waals surface area contributed by atoms with Crippen LogP contribution in [0.4, 0.5) is 5.69 Å². The highest BCUT2D eigenvalue weighted by Gasteiger charge is 2.19.